The van der Waals surface area contributed by atoms with E-state index < -0.39 is 6.61 Å². The van der Waals surface area contributed by atoms with Crippen molar-refractivity contribution in [3.8, 4) is 11.8 Å². The predicted molar refractivity (Wildman–Crippen MR) is 42.5 cm³/mol. The fourth-order valence-electron chi connectivity index (χ4n) is 0.938. The van der Waals surface area contributed by atoms with Gasteiger partial charge in [-0.1, -0.05) is 0 Å². The monoisotopic (exact) mass is 183 g/mol. The van der Waals surface area contributed by atoms with Crippen molar-refractivity contribution in [1.82, 2.24) is 0 Å². The Hall–Kier alpha value is -1.63. The van der Waals surface area contributed by atoms with Crippen LogP contribution in [0.1, 0.15) is 11.1 Å². The van der Waals surface area contributed by atoms with Crippen LogP contribution >= 0.6 is 0 Å². The minimum absolute atomic E-state index is 0.0755. The molecular weight excluding hydrogens is 176 g/mol. The molecule has 1 rings (SSSR count). The zero-order chi connectivity index (χ0) is 9.84. The summed E-state index contributed by atoms with van der Waals surface area (Å²) in [4.78, 5) is 0. The van der Waals surface area contributed by atoms with Gasteiger partial charge in [-0.15, -0.1) is 0 Å². The van der Waals surface area contributed by atoms with Gasteiger partial charge < -0.3 is 4.74 Å². The highest BCUT2D eigenvalue weighted by Crippen LogP contribution is 2.18. The highest BCUT2D eigenvalue weighted by Gasteiger charge is 2.05. The standard InChI is InChI=1S/C9H7F2NO/c1-6-4-8(13-9(10)11)3-2-7(6)5-12/h2-4,9H,1H3. The number of hydrogen-bond acceptors (Lipinski definition) is 2. The SMILES string of the molecule is Cc1cc(OC(F)F)ccc1C#N. The molecule has 0 spiro atoms. The van der Waals surface area contributed by atoms with Crippen LogP contribution in [0.25, 0.3) is 0 Å². The lowest BCUT2D eigenvalue weighted by Crippen LogP contribution is -2.02. The Balaban J connectivity index is 2.91. The molecule has 68 valence electrons. The van der Waals surface area contributed by atoms with Gasteiger partial charge in [0.1, 0.15) is 5.75 Å². The second kappa shape index (κ2) is 3.85. The van der Waals surface area contributed by atoms with Gasteiger partial charge in [-0.2, -0.15) is 14.0 Å². The van der Waals surface area contributed by atoms with Gasteiger partial charge in [0.2, 0.25) is 0 Å². The molecule has 0 fully saturated rings. The third-order valence-corrected chi connectivity index (χ3v) is 1.54. The van der Waals surface area contributed by atoms with Crippen LogP contribution in [0.3, 0.4) is 0 Å². The van der Waals surface area contributed by atoms with Crippen molar-refractivity contribution in [3.05, 3.63) is 29.3 Å². The highest BCUT2D eigenvalue weighted by atomic mass is 19.3. The molecule has 2 nitrogen and oxygen atoms in total. The van der Waals surface area contributed by atoms with Crippen LogP contribution in [0.15, 0.2) is 18.2 Å². The molecule has 0 radical (unpaired) electrons. The zero-order valence-electron chi connectivity index (χ0n) is 6.92. The van der Waals surface area contributed by atoms with E-state index in [2.05, 4.69) is 4.74 Å². The summed E-state index contributed by atoms with van der Waals surface area (Å²) in [5, 5.41) is 8.55. The number of alkyl halides is 2. The van der Waals surface area contributed by atoms with Crippen LogP contribution in [0.5, 0.6) is 5.75 Å². The molecule has 0 amide bonds. The summed E-state index contributed by atoms with van der Waals surface area (Å²) < 4.78 is 27.6. The number of nitrogens with zero attached hydrogens (tertiary/aromatic N) is 1. The molecule has 0 unspecified atom stereocenters. The molecule has 0 aliphatic carbocycles. The van der Waals surface area contributed by atoms with Gasteiger partial charge in [0.05, 0.1) is 11.6 Å². The molecule has 1 aromatic carbocycles. The number of ether oxygens (including phenoxy) is 1. The minimum atomic E-state index is -2.83. The summed E-state index contributed by atoms with van der Waals surface area (Å²) in [5.74, 6) is 0.0755. The average molecular weight is 183 g/mol. The van der Waals surface area contributed by atoms with Gasteiger partial charge in [-0.05, 0) is 30.7 Å². The number of rotatable bonds is 2. The van der Waals surface area contributed by atoms with Gasteiger partial charge in [0, 0.05) is 0 Å². The van der Waals surface area contributed by atoms with E-state index in [-0.39, 0.29) is 5.75 Å². The van der Waals surface area contributed by atoms with Crippen molar-refractivity contribution < 1.29 is 13.5 Å². The molecule has 0 aliphatic rings. The Labute approximate surface area is 74.4 Å². The van der Waals surface area contributed by atoms with Gasteiger partial charge in [0.15, 0.2) is 0 Å². The van der Waals surface area contributed by atoms with Gasteiger partial charge in [-0.3, -0.25) is 0 Å². The first-order chi connectivity index (χ1) is 6.13. The van der Waals surface area contributed by atoms with E-state index in [1.165, 1.54) is 18.2 Å². The smallest absolute Gasteiger partial charge is 0.387 e. The fourth-order valence-corrected chi connectivity index (χ4v) is 0.938. The number of benzene rings is 1. The van der Waals surface area contributed by atoms with Crippen molar-refractivity contribution in [2.24, 2.45) is 0 Å². The Morgan fingerprint density at radius 1 is 1.46 bits per heavy atom. The van der Waals surface area contributed by atoms with Crippen LogP contribution in [0.2, 0.25) is 0 Å². The predicted octanol–water partition coefficient (Wildman–Crippen LogP) is 2.47. The van der Waals surface area contributed by atoms with E-state index in [0.717, 1.165) is 0 Å². The maximum absolute atomic E-state index is 11.7. The van der Waals surface area contributed by atoms with E-state index in [9.17, 15) is 8.78 Å². The topological polar surface area (TPSA) is 33.0 Å². The van der Waals surface area contributed by atoms with Crippen molar-refractivity contribution in [2.45, 2.75) is 13.5 Å². The molecule has 13 heavy (non-hydrogen) atoms. The minimum Gasteiger partial charge on any atom is -0.435 e. The summed E-state index contributed by atoms with van der Waals surface area (Å²) in [6, 6.07) is 6.14. The lowest BCUT2D eigenvalue weighted by Gasteiger charge is -2.05. The van der Waals surface area contributed by atoms with Crippen LogP contribution in [0, 0.1) is 18.3 Å². The molecule has 0 saturated heterocycles. The lowest BCUT2D eigenvalue weighted by molar-refractivity contribution is -0.0498. The maximum Gasteiger partial charge on any atom is 0.387 e. The van der Waals surface area contributed by atoms with E-state index in [1.807, 2.05) is 6.07 Å². The van der Waals surface area contributed by atoms with Gasteiger partial charge in [0.25, 0.3) is 0 Å². The number of aryl methyl sites for hydroxylation is 1. The molecule has 4 heteroatoms. The Kier molecular flexibility index (Phi) is 2.80. The number of nitriles is 1. The first kappa shape index (κ1) is 9.46. The zero-order valence-corrected chi connectivity index (χ0v) is 6.92. The van der Waals surface area contributed by atoms with Gasteiger partial charge >= 0.3 is 6.61 Å². The van der Waals surface area contributed by atoms with Crippen LogP contribution < -0.4 is 4.74 Å². The second-order valence-electron chi connectivity index (χ2n) is 2.47. The van der Waals surface area contributed by atoms with E-state index in [1.54, 1.807) is 6.92 Å². The van der Waals surface area contributed by atoms with Crippen LogP contribution in [-0.2, 0) is 0 Å². The molecule has 0 saturated carbocycles. The van der Waals surface area contributed by atoms with E-state index in [0.29, 0.717) is 11.1 Å². The largest absolute Gasteiger partial charge is 0.435 e. The summed E-state index contributed by atoms with van der Waals surface area (Å²) in [6.45, 7) is -1.16. The van der Waals surface area contributed by atoms with Gasteiger partial charge in [-0.25, -0.2) is 0 Å². The number of hydrogen-bond donors (Lipinski definition) is 0. The second-order valence-corrected chi connectivity index (χ2v) is 2.47. The Bertz CT molecular complexity index is 344. The maximum atomic E-state index is 11.7. The Morgan fingerprint density at radius 3 is 2.62 bits per heavy atom. The van der Waals surface area contributed by atoms with Crippen molar-refractivity contribution >= 4 is 0 Å². The van der Waals surface area contributed by atoms with Crippen molar-refractivity contribution in [3.63, 3.8) is 0 Å². The fraction of sp³-hybridized carbons (Fsp3) is 0.222. The third-order valence-electron chi connectivity index (χ3n) is 1.54. The average Bonchev–Trinajstić information content (AvgIpc) is 2.03. The molecule has 0 heterocycles. The highest BCUT2D eigenvalue weighted by molar-refractivity contribution is 5.41. The molecule has 0 bridgehead atoms. The molecule has 0 atom stereocenters. The Morgan fingerprint density at radius 2 is 2.15 bits per heavy atom. The lowest BCUT2D eigenvalue weighted by atomic mass is 10.1. The third kappa shape index (κ3) is 2.41. The molecule has 0 N–H and O–H groups in total. The van der Waals surface area contributed by atoms with Crippen LogP contribution in [0.4, 0.5) is 8.78 Å². The first-order valence-corrected chi connectivity index (χ1v) is 3.59. The summed E-state index contributed by atoms with van der Waals surface area (Å²) in [5.41, 5.74) is 1.09. The van der Waals surface area contributed by atoms with Crippen molar-refractivity contribution in [1.29, 1.82) is 5.26 Å². The first-order valence-electron chi connectivity index (χ1n) is 3.59. The normalized spacial score (nSPS) is 9.77. The summed E-state index contributed by atoms with van der Waals surface area (Å²) in [6.07, 6.45) is 0. The van der Waals surface area contributed by atoms with Crippen molar-refractivity contribution in [2.75, 3.05) is 0 Å². The molecule has 0 aliphatic heterocycles. The van der Waals surface area contributed by atoms with Crippen LogP contribution in [-0.4, -0.2) is 6.61 Å². The summed E-state index contributed by atoms with van der Waals surface area (Å²) in [7, 11) is 0. The summed E-state index contributed by atoms with van der Waals surface area (Å²) >= 11 is 0. The molecular formula is C9H7F2NO. The molecule has 1 aromatic rings. The van der Waals surface area contributed by atoms with E-state index >= 15 is 0 Å². The van der Waals surface area contributed by atoms with E-state index in [4.69, 9.17) is 5.26 Å². The molecule has 0 aromatic heterocycles. The number of halogens is 2. The quantitative estimate of drug-likeness (QED) is 0.705.